The predicted octanol–water partition coefficient (Wildman–Crippen LogP) is 0.584. The van der Waals surface area contributed by atoms with E-state index in [0.29, 0.717) is 23.4 Å². The second-order valence-corrected chi connectivity index (χ2v) is 6.86. The summed E-state index contributed by atoms with van der Waals surface area (Å²) in [6.45, 7) is 6.08. The summed E-state index contributed by atoms with van der Waals surface area (Å²) in [6, 6.07) is -0.714. The molecule has 2 aliphatic rings. The van der Waals surface area contributed by atoms with Crippen LogP contribution in [-0.2, 0) is 16.1 Å². The molecule has 3 rings (SSSR count). The molecule has 2 N–H and O–H groups in total. The number of thioether (sulfide) groups is 1. The second kappa shape index (κ2) is 5.97. The minimum atomic E-state index is -1.11. The summed E-state index contributed by atoms with van der Waals surface area (Å²) >= 11 is 1.45. The fraction of sp³-hybridized carbons (Fsp3) is 0.467. The van der Waals surface area contributed by atoms with Crippen LogP contribution in [0.4, 0.5) is 0 Å². The summed E-state index contributed by atoms with van der Waals surface area (Å²) < 4.78 is 1.70. The molecule has 2 aliphatic heterocycles. The van der Waals surface area contributed by atoms with Crippen molar-refractivity contribution in [3.05, 3.63) is 28.7 Å². The summed E-state index contributed by atoms with van der Waals surface area (Å²) in [5.74, 6) is -1.35. The largest absolute Gasteiger partial charge is 0.477 e. The molecule has 3 heterocycles. The minimum Gasteiger partial charge on any atom is -0.477 e. The molecule has 9 heteroatoms. The third kappa shape index (κ3) is 2.39. The van der Waals surface area contributed by atoms with Crippen LogP contribution in [0.1, 0.15) is 29.9 Å². The molecule has 0 aliphatic carbocycles. The number of hydrogen-bond acceptors (Lipinski definition) is 5. The number of carboxylic acid groups (broad SMARTS) is 1. The van der Waals surface area contributed by atoms with Crippen LogP contribution in [0, 0.1) is 6.92 Å². The molecule has 24 heavy (non-hydrogen) atoms. The van der Waals surface area contributed by atoms with E-state index in [4.69, 9.17) is 0 Å². The van der Waals surface area contributed by atoms with E-state index in [1.165, 1.54) is 22.9 Å². The molecule has 2 atom stereocenters. The van der Waals surface area contributed by atoms with Crippen LogP contribution in [0.3, 0.4) is 0 Å². The van der Waals surface area contributed by atoms with Gasteiger partial charge in [0, 0.05) is 18.0 Å². The van der Waals surface area contributed by atoms with Crippen molar-refractivity contribution in [2.75, 3.05) is 5.75 Å². The monoisotopic (exact) mass is 350 g/mol. The van der Waals surface area contributed by atoms with Crippen molar-refractivity contribution in [3.8, 4) is 0 Å². The van der Waals surface area contributed by atoms with Crippen molar-refractivity contribution in [2.45, 2.75) is 38.7 Å². The molecule has 1 saturated heterocycles. The fourth-order valence-electron chi connectivity index (χ4n) is 2.98. The van der Waals surface area contributed by atoms with Gasteiger partial charge in [0.05, 0.1) is 11.8 Å². The molecule has 0 aromatic carbocycles. The number of nitrogens with one attached hydrogen (secondary N) is 1. The number of carboxylic acids is 1. The van der Waals surface area contributed by atoms with Crippen LogP contribution in [0.2, 0.25) is 0 Å². The Hall–Kier alpha value is -2.29. The van der Waals surface area contributed by atoms with Gasteiger partial charge < -0.3 is 10.4 Å². The number of rotatable bonds is 4. The zero-order valence-electron chi connectivity index (χ0n) is 13.6. The lowest BCUT2D eigenvalue weighted by Gasteiger charge is -2.49. The normalized spacial score (nSPS) is 23.0. The highest BCUT2D eigenvalue weighted by Gasteiger charge is 2.53. The van der Waals surface area contributed by atoms with E-state index in [9.17, 15) is 19.5 Å². The maximum absolute atomic E-state index is 12.4. The number of aromatic nitrogens is 2. The van der Waals surface area contributed by atoms with Crippen LogP contribution in [0.5, 0.6) is 0 Å². The fourth-order valence-corrected chi connectivity index (χ4v) is 4.28. The van der Waals surface area contributed by atoms with Crippen LogP contribution in [0.15, 0.2) is 17.5 Å². The summed E-state index contributed by atoms with van der Waals surface area (Å²) in [5, 5.41) is 15.8. The van der Waals surface area contributed by atoms with Gasteiger partial charge in [-0.3, -0.25) is 19.2 Å². The molecule has 8 nitrogen and oxygen atoms in total. The van der Waals surface area contributed by atoms with Gasteiger partial charge in [0.25, 0.3) is 11.8 Å². The minimum absolute atomic E-state index is 0.0317. The second-order valence-electron chi connectivity index (χ2n) is 5.75. The SMILES string of the molecule is CCn1ncc(C(=O)N[C@@H]2C(=O)N3C(C(=O)O)=C(C)CS[C@H]23)c1C. The van der Waals surface area contributed by atoms with Crippen molar-refractivity contribution in [1.82, 2.24) is 20.0 Å². The standard InChI is InChI=1S/C15H18N4O4S/c1-4-18-8(3)9(5-16-18)12(20)17-10-13(21)19-11(15(22)23)7(2)6-24-14(10)19/h5,10,14H,4,6H2,1-3H3,(H,17,20)(H,22,23)/t10-,14-/m1/s1. The Bertz CT molecular complexity index is 770. The van der Waals surface area contributed by atoms with Crippen molar-refractivity contribution < 1.29 is 19.5 Å². The van der Waals surface area contributed by atoms with E-state index in [2.05, 4.69) is 10.4 Å². The first-order valence-corrected chi connectivity index (χ1v) is 8.62. The molecule has 1 fully saturated rings. The number of β-lactam (4-membered cyclic amide) rings is 1. The number of fused-ring (bicyclic) bond motifs is 1. The number of hydrogen-bond donors (Lipinski definition) is 2. The molecule has 0 bridgehead atoms. The van der Waals surface area contributed by atoms with Crippen LogP contribution in [0.25, 0.3) is 0 Å². The van der Waals surface area contributed by atoms with E-state index in [1.54, 1.807) is 18.5 Å². The molecule has 1 aromatic heterocycles. The van der Waals surface area contributed by atoms with Crippen molar-refractivity contribution >= 4 is 29.5 Å². The van der Waals surface area contributed by atoms with Gasteiger partial charge in [-0.25, -0.2) is 4.79 Å². The Morgan fingerprint density at radius 2 is 2.17 bits per heavy atom. The Morgan fingerprint density at radius 3 is 2.75 bits per heavy atom. The summed E-state index contributed by atoms with van der Waals surface area (Å²) in [6.07, 6.45) is 1.48. The van der Waals surface area contributed by atoms with Gasteiger partial charge in [-0.05, 0) is 26.3 Å². The molecular formula is C15H18N4O4S. The van der Waals surface area contributed by atoms with E-state index >= 15 is 0 Å². The predicted molar refractivity (Wildman–Crippen MR) is 87.3 cm³/mol. The highest BCUT2D eigenvalue weighted by molar-refractivity contribution is 8.00. The van der Waals surface area contributed by atoms with Crippen molar-refractivity contribution in [2.24, 2.45) is 0 Å². The van der Waals surface area contributed by atoms with Gasteiger partial charge in [-0.15, -0.1) is 11.8 Å². The summed E-state index contributed by atoms with van der Waals surface area (Å²) in [5.41, 5.74) is 1.84. The maximum atomic E-state index is 12.4. The quantitative estimate of drug-likeness (QED) is 0.770. The lowest BCUT2D eigenvalue weighted by molar-refractivity contribution is -0.148. The molecule has 128 valence electrons. The molecule has 1 aromatic rings. The molecule has 0 saturated carbocycles. The summed E-state index contributed by atoms with van der Waals surface area (Å²) in [4.78, 5) is 37.4. The van der Waals surface area contributed by atoms with Gasteiger partial charge in [0.1, 0.15) is 17.1 Å². The van der Waals surface area contributed by atoms with E-state index < -0.39 is 17.9 Å². The highest BCUT2D eigenvalue weighted by Crippen LogP contribution is 2.40. The van der Waals surface area contributed by atoms with E-state index in [0.717, 1.165) is 5.69 Å². The maximum Gasteiger partial charge on any atom is 0.352 e. The first kappa shape index (κ1) is 16.6. The Morgan fingerprint density at radius 1 is 1.46 bits per heavy atom. The van der Waals surface area contributed by atoms with Crippen LogP contribution >= 0.6 is 11.8 Å². The topological polar surface area (TPSA) is 105 Å². The zero-order chi connectivity index (χ0) is 17.6. The van der Waals surface area contributed by atoms with Gasteiger partial charge in [-0.2, -0.15) is 5.10 Å². The molecule has 0 spiro atoms. The van der Waals surface area contributed by atoms with E-state index in [1.807, 2.05) is 6.92 Å². The number of carbonyl (C=O) groups excluding carboxylic acids is 2. The lowest BCUT2D eigenvalue weighted by atomic mass is 10.0. The molecule has 0 radical (unpaired) electrons. The third-order valence-corrected chi connectivity index (χ3v) is 5.72. The van der Waals surface area contributed by atoms with Gasteiger partial charge in [-0.1, -0.05) is 0 Å². The number of amides is 2. The molecule has 2 amide bonds. The van der Waals surface area contributed by atoms with Gasteiger partial charge >= 0.3 is 5.97 Å². The summed E-state index contributed by atoms with van der Waals surface area (Å²) in [7, 11) is 0. The van der Waals surface area contributed by atoms with Crippen molar-refractivity contribution in [1.29, 1.82) is 0 Å². The average molecular weight is 350 g/mol. The first-order chi connectivity index (χ1) is 11.4. The average Bonchev–Trinajstić information content (AvgIpc) is 2.92. The number of nitrogens with zero attached hydrogens (tertiary/aromatic N) is 3. The Kier molecular flexibility index (Phi) is 4.12. The zero-order valence-corrected chi connectivity index (χ0v) is 14.4. The number of carbonyl (C=O) groups is 3. The van der Waals surface area contributed by atoms with Crippen molar-refractivity contribution in [3.63, 3.8) is 0 Å². The highest BCUT2D eigenvalue weighted by atomic mass is 32.2. The molecular weight excluding hydrogens is 332 g/mol. The first-order valence-electron chi connectivity index (χ1n) is 7.57. The Balaban J connectivity index is 1.77. The van der Waals surface area contributed by atoms with Gasteiger partial charge in [0.2, 0.25) is 0 Å². The van der Waals surface area contributed by atoms with Crippen LogP contribution < -0.4 is 5.32 Å². The Labute approximate surface area is 142 Å². The molecule has 0 unspecified atom stereocenters. The number of aliphatic carboxylic acids is 1. The third-order valence-electron chi connectivity index (χ3n) is 4.30. The lowest BCUT2D eigenvalue weighted by Crippen LogP contribution is -2.70. The van der Waals surface area contributed by atoms with Gasteiger partial charge in [0.15, 0.2) is 0 Å². The van der Waals surface area contributed by atoms with Crippen LogP contribution in [-0.4, -0.2) is 54.7 Å². The smallest absolute Gasteiger partial charge is 0.352 e. The van der Waals surface area contributed by atoms with E-state index in [-0.39, 0.29) is 17.0 Å². The number of aryl methyl sites for hydroxylation is 1.